The number of unbranched alkanes of at least 4 members (excludes halogenated alkanes) is 1. The monoisotopic (exact) mass is 224 g/mol. The molecule has 0 saturated heterocycles. The summed E-state index contributed by atoms with van der Waals surface area (Å²) >= 11 is 0. The van der Waals surface area contributed by atoms with Gasteiger partial charge in [0.05, 0.1) is 0 Å². The summed E-state index contributed by atoms with van der Waals surface area (Å²) < 4.78 is 5.05. The molecule has 0 aromatic carbocycles. The Morgan fingerprint density at radius 2 is 2.12 bits per heavy atom. The first-order chi connectivity index (χ1) is 7.35. The van der Waals surface area contributed by atoms with E-state index in [4.69, 9.17) is 11.2 Å². The first-order valence-electron chi connectivity index (χ1n) is 5.21. The molecule has 0 saturated carbocycles. The van der Waals surface area contributed by atoms with Crippen LogP contribution in [-0.4, -0.2) is 18.2 Å². The highest BCUT2D eigenvalue weighted by Crippen LogP contribution is 2.06. The van der Waals surface area contributed by atoms with Gasteiger partial charge in [-0.2, -0.15) is 0 Å². The standard InChI is InChI=1S/C12H20N2O2/c1-6-7-8-9-13-10(2)14-11(15)16-12(3,4)5/h1,13H,2,7-9H2,3-5H3,(H,14,15). The van der Waals surface area contributed by atoms with Gasteiger partial charge < -0.3 is 10.1 Å². The summed E-state index contributed by atoms with van der Waals surface area (Å²) in [6, 6.07) is 0. The van der Waals surface area contributed by atoms with Crippen molar-refractivity contribution in [2.24, 2.45) is 0 Å². The highest BCUT2D eigenvalue weighted by atomic mass is 16.6. The number of carbonyl (C=O) groups is 1. The molecule has 0 bridgehead atoms. The van der Waals surface area contributed by atoms with Crippen molar-refractivity contribution >= 4 is 6.09 Å². The van der Waals surface area contributed by atoms with Crippen LogP contribution in [0.2, 0.25) is 0 Å². The molecule has 2 N–H and O–H groups in total. The molecule has 0 aliphatic heterocycles. The van der Waals surface area contributed by atoms with E-state index in [1.165, 1.54) is 0 Å². The molecule has 0 heterocycles. The Morgan fingerprint density at radius 1 is 1.50 bits per heavy atom. The Labute approximate surface area is 97.4 Å². The van der Waals surface area contributed by atoms with Crippen LogP contribution in [0.1, 0.15) is 33.6 Å². The highest BCUT2D eigenvalue weighted by Gasteiger charge is 2.16. The molecule has 0 aromatic heterocycles. The Bertz CT molecular complexity index is 284. The Balaban J connectivity index is 3.72. The van der Waals surface area contributed by atoms with Crippen molar-refractivity contribution < 1.29 is 9.53 Å². The molecule has 0 aliphatic rings. The first kappa shape index (κ1) is 14.4. The third kappa shape index (κ3) is 8.95. The number of alkyl carbamates (subject to hydrolysis) is 1. The highest BCUT2D eigenvalue weighted by molar-refractivity contribution is 5.69. The molecule has 0 radical (unpaired) electrons. The molecule has 0 aromatic rings. The maximum Gasteiger partial charge on any atom is 0.413 e. The molecule has 0 spiro atoms. The van der Waals surface area contributed by atoms with Crippen molar-refractivity contribution in [3.63, 3.8) is 0 Å². The molecule has 0 aliphatic carbocycles. The van der Waals surface area contributed by atoms with Gasteiger partial charge in [0.2, 0.25) is 0 Å². The lowest BCUT2D eigenvalue weighted by atomic mass is 10.2. The quantitative estimate of drug-likeness (QED) is 0.554. The van der Waals surface area contributed by atoms with Gasteiger partial charge in [-0.1, -0.05) is 6.58 Å². The second kappa shape index (κ2) is 6.78. The molecule has 1 amide bonds. The summed E-state index contributed by atoms with van der Waals surface area (Å²) in [5.41, 5.74) is -0.506. The lowest BCUT2D eigenvalue weighted by molar-refractivity contribution is 0.0542. The van der Waals surface area contributed by atoms with Crippen LogP contribution < -0.4 is 10.6 Å². The fourth-order valence-electron chi connectivity index (χ4n) is 0.901. The van der Waals surface area contributed by atoms with Crippen LogP contribution in [0.15, 0.2) is 12.4 Å². The summed E-state index contributed by atoms with van der Waals surface area (Å²) in [6.07, 6.45) is 6.13. The average Bonchev–Trinajstić information content (AvgIpc) is 2.09. The molecule has 4 heteroatoms. The summed E-state index contributed by atoms with van der Waals surface area (Å²) in [7, 11) is 0. The number of amides is 1. The Morgan fingerprint density at radius 3 is 2.62 bits per heavy atom. The van der Waals surface area contributed by atoms with E-state index in [-0.39, 0.29) is 0 Å². The Kier molecular flexibility index (Phi) is 6.09. The minimum Gasteiger partial charge on any atom is -0.444 e. The molecule has 90 valence electrons. The van der Waals surface area contributed by atoms with E-state index in [0.29, 0.717) is 18.8 Å². The largest absolute Gasteiger partial charge is 0.444 e. The van der Waals surface area contributed by atoms with Crippen LogP contribution in [0, 0.1) is 12.3 Å². The van der Waals surface area contributed by atoms with Gasteiger partial charge >= 0.3 is 6.09 Å². The van der Waals surface area contributed by atoms with Crippen molar-refractivity contribution in [2.45, 2.75) is 39.2 Å². The Hall–Kier alpha value is -1.63. The van der Waals surface area contributed by atoms with Gasteiger partial charge in [-0.3, -0.25) is 5.32 Å². The van der Waals surface area contributed by atoms with E-state index >= 15 is 0 Å². The SMILES string of the molecule is C#CCCCNC(=C)NC(=O)OC(C)(C)C. The summed E-state index contributed by atoms with van der Waals surface area (Å²) in [5, 5.41) is 5.43. The van der Waals surface area contributed by atoms with Crippen molar-refractivity contribution in [1.29, 1.82) is 0 Å². The fraction of sp³-hybridized carbons (Fsp3) is 0.583. The average molecular weight is 224 g/mol. The van der Waals surface area contributed by atoms with Crippen LogP contribution in [-0.2, 0) is 4.74 Å². The van der Waals surface area contributed by atoms with E-state index in [1.807, 2.05) is 0 Å². The maximum absolute atomic E-state index is 11.3. The predicted octanol–water partition coefficient (Wildman–Crippen LogP) is 1.99. The van der Waals surface area contributed by atoms with Gasteiger partial charge in [0.15, 0.2) is 0 Å². The van der Waals surface area contributed by atoms with E-state index in [1.54, 1.807) is 20.8 Å². The fourth-order valence-corrected chi connectivity index (χ4v) is 0.901. The number of rotatable bonds is 5. The molecule has 4 nitrogen and oxygen atoms in total. The van der Waals surface area contributed by atoms with E-state index < -0.39 is 11.7 Å². The molecular weight excluding hydrogens is 204 g/mol. The third-order valence-electron chi connectivity index (χ3n) is 1.49. The molecule has 0 fully saturated rings. The number of ether oxygens (including phenoxy) is 1. The molecule has 0 rings (SSSR count). The summed E-state index contributed by atoms with van der Waals surface area (Å²) in [6.45, 7) is 9.73. The van der Waals surface area contributed by atoms with E-state index in [0.717, 1.165) is 6.42 Å². The first-order valence-corrected chi connectivity index (χ1v) is 5.21. The predicted molar refractivity (Wildman–Crippen MR) is 64.6 cm³/mol. The minimum absolute atomic E-state index is 0.422. The number of hydrogen-bond donors (Lipinski definition) is 2. The van der Waals surface area contributed by atoms with Gasteiger partial charge in [-0.25, -0.2) is 4.79 Å². The van der Waals surface area contributed by atoms with Gasteiger partial charge in [0, 0.05) is 13.0 Å². The third-order valence-corrected chi connectivity index (χ3v) is 1.49. The van der Waals surface area contributed by atoms with Gasteiger partial charge in [0.1, 0.15) is 11.4 Å². The van der Waals surface area contributed by atoms with Crippen molar-refractivity contribution in [2.75, 3.05) is 6.54 Å². The summed E-state index contributed by atoms with van der Waals surface area (Å²) in [4.78, 5) is 11.3. The maximum atomic E-state index is 11.3. The molecule has 0 atom stereocenters. The second-order valence-corrected chi connectivity index (χ2v) is 4.34. The van der Waals surface area contributed by atoms with E-state index in [2.05, 4.69) is 23.1 Å². The zero-order valence-electron chi connectivity index (χ0n) is 10.2. The minimum atomic E-state index is -0.512. The zero-order valence-corrected chi connectivity index (χ0v) is 10.2. The van der Waals surface area contributed by atoms with Gasteiger partial charge in [0.25, 0.3) is 0 Å². The van der Waals surface area contributed by atoms with Crippen LogP contribution in [0.5, 0.6) is 0 Å². The topological polar surface area (TPSA) is 50.4 Å². The van der Waals surface area contributed by atoms with E-state index in [9.17, 15) is 4.79 Å². The van der Waals surface area contributed by atoms with Gasteiger partial charge in [-0.05, 0) is 27.2 Å². The number of hydrogen-bond acceptors (Lipinski definition) is 3. The summed E-state index contributed by atoms with van der Waals surface area (Å²) in [5.74, 6) is 2.95. The number of carbonyl (C=O) groups excluding carboxylic acids is 1. The number of terminal acetylenes is 1. The normalized spacial score (nSPS) is 10.1. The molecule has 0 unspecified atom stereocenters. The lowest BCUT2D eigenvalue weighted by Gasteiger charge is -2.20. The second-order valence-electron chi connectivity index (χ2n) is 4.34. The number of nitrogens with one attached hydrogen (secondary N) is 2. The molecular formula is C12H20N2O2. The van der Waals surface area contributed by atoms with Crippen molar-refractivity contribution in [1.82, 2.24) is 10.6 Å². The van der Waals surface area contributed by atoms with Crippen molar-refractivity contribution in [3.8, 4) is 12.3 Å². The van der Waals surface area contributed by atoms with Crippen LogP contribution in [0.25, 0.3) is 0 Å². The zero-order chi connectivity index (χ0) is 12.6. The smallest absolute Gasteiger partial charge is 0.413 e. The van der Waals surface area contributed by atoms with Crippen LogP contribution in [0.4, 0.5) is 4.79 Å². The van der Waals surface area contributed by atoms with Crippen LogP contribution in [0.3, 0.4) is 0 Å². The van der Waals surface area contributed by atoms with Gasteiger partial charge in [-0.15, -0.1) is 12.3 Å². The van der Waals surface area contributed by atoms with Crippen LogP contribution >= 0.6 is 0 Å². The lowest BCUT2D eigenvalue weighted by Crippen LogP contribution is -2.36. The molecule has 16 heavy (non-hydrogen) atoms. The van der Waals surface area contributed by atoms with Crippen molar-refractivity contribution in [3.05, 3.63) is 12.4 Å².